The summed E-state index contributed by atoms with van der Waals surface area (Å²) in [6.07, 6.45) is 6.72. The van der Waals surface area contributed by atoms with Crippen molar-refractivity contribution >= 4 is 23.5 Å². The number of nitrogens with one attached hydrogen (secondary N) is 1. The van der Waals surface area contributed by atoms with Gasteiger partial charge in [-0.05, 0) is 104 Å². The monoisotopic (exact) mass is 892 g/mol. The summed E-state index contributed by atoms with van der Waals surface area (Å²) in [5, 5.41) is 10.4. The van der Waals surface area contributed by atoms with E-state index in [1.165, 1.54) is 44.9 Å². The number of nitrogens with zero attached hydrogens (tertiary/aromatic N) is 1. The molecular weight excluding hydrogens is 841 g/mol. The molecular formula is C36H51N2O18P3. The number of hydrogen-bond acceptors (Lipinski definition) is 14. The fourth-order valence-electron chi connectivity index (χ4n) is 13.8. The quantitative estimate of drug-likeness (QED) is 0.0658. The fourth-order valence-corrected chi connectivity index (χ4v) is 16.8. The van der Waals surface area contributed by atoms with Crippen molar-refractivity contribution < 1.29 is 75.2 Å². The molecule has 10 aliphatic carbocycles. The van der Waals surface area contributed by atoms with E-state index in [1.54, 1.807) is 0 Å². The second-order valence-electron chi connectivity index (χ2n) is 17.8. The van der Waals surface area contributed by atoms with Gasteiger partial charge in [0.1, 0.15) is 24.5 Å². The molecule has 1 saturated heterocycles. The van der Waals surface area contributed by atoms with Crippen molar-refractivity contribution in [3.8, 4) is 11.8 Å². The van der Waals surface area contributed by atoms with Gasteiger partial charge in [0.2, 0.25) is 0 Å². The minimum absolute atomic E-state index is 0.0490. The van der Waals surface area contributed by atoms with Crippen LogP contribution < -0.4 is 11.2 Å². The molecule has 2 heterocycles. The second-order valence-corrected chi connectivity index (χ2v) is 22.2. The minimum atomic E-state index is -5.75. The molecule has 11 fully saturated rings. The van der Waals surface area contributed by atoms with Gasteiger partial charge in [-0.25, -0.2) is 18.5 Å². The Kier molecular flexibility index (Phi) is 11.5. The van der Waals surface area contributed by atoms with Gasteiger partial charge < -0.3 is 48.4 Å². The highest BCUT2D eigenvalue weighted by Crippen LogP contribution is 2.85. The molecule has 0 radical (unpaired) electrons. The van der Waals surface area contributed by atoms with Gasteiger partial charge in [0.15, 0.2) is 0 Å². The summed E-state index contributed by atoms with van der Waals surface area (Å²) < 4.78 is 76.4. The van der Waals surface area contributed by atoms with Gasteiger partial charge in [-0.3, -0.25) is 18.9 Å². The predicted molar refractivity (Wildman–Crippen MR) is 200 cm³/mol. The van der Waals surface area contributed by atoms with E-state index in [2.05, 4.69) is 30.0 Å². The third kappa shape index (κ3) is 8.23. The van der Waals surface area contributed by atoms with Gasteiger partial charge in [-0.2, -0.15) is 8.62 Å². The summed E-state index contributed by atoms with van der Waals surface area (Å²) in [6, 6.07) is 0. The standard InChI is InChI=1S/C36H51N2O18P3/c39-28-13-30(54-29(28)18-53-58(45,46)56-59(47,48)55-57(42,43)44)38-17-21(33(40)37-34(38)41)2-1-3-49-4-5-50-6-7-51-8-9-52-35-15-26-23-12-22-24-10-20-11-25(22)32(27(23)16-35)36(14-20,19-35)31(24)26/h17,20,22-32,39H,3-16,18-19H2,(H,45,46)(H,47,48)(H,37,40,41)(H2,42,43,44)/t20?,22?,23?,24-,25+,26+,27-,28-,29+,30+,31+,32-,35?,36?/m0/s1. The van der Waals surface area contributed by atoms with E-state index in [0.717, 1.165) is 64.0 Å². The van der Waals surface area contributed by atoms with Crippen molar-refractivity contribution in [1.82, 2.24) is 9.55 Å². The summed E-state index contributed by atoms with van der Waals surface area (Å²) in [7, 11) is -16.8. The Hall–Kier alpha value is -1.59. The van der Waals surface area contributed by atoms with Gasteiger partial charge in [-0.15, -0.1) is 0 Å². The van der Waals surface area contributed by atoms with Crippen LogP contribution in [0.4, 0.5) is 0 Å². The first-order valence-corrected chi connectivity index (χ1v) is 24.8. The van der Waals surface area contributed by atoms with Crippen molar-refractivity contribution in [3.63, 3.8) is 0 Å². The molecule has 0 aromatic carbocycles. The maximum absolute atomic E-state index is 12.5. The molecule has 1 aromatic rings. The first kappa shape index (κ1) is 42.7. The Bertz CT molecular complexity index is 2080. The van der Waals surface area contributed by atoms with E-state index in [-0.39, 0.29) is 30.8 Å². The van der Waals surface area contributed by atoms with Gasteiger partial charge in [-0.1, -0.05) is 11.8 Å². The van der Waals surface area contributed by atoms with E-state index in [4.69, 9.17) is 33.5 Å². The van der Waals surface area contributed by atoms with Crippen LogP contribution in [-0.4, -0.2) is 105 Å². The molecule has 0 amide bonds. The smallest absolute Gasteiger partial charge is 0.390 e. The Morgan fingerprint density at radius 3 is 2.12 bits per heavy atom. The Morgan fingerprint density at radius 1 is 0.797 bits per heavy atom. The fraction of sp³-hybridized carbons (Fsp3) is 0.833. The van der Waals surface area contributed by atoms with Gasteiger partial charge in [0.25, 0.3) is 5.56 Å². The van der Waals surface area contributed by atoms with Crippen molar-refractivity contribution in [3.05, 3.63) is 32.6 Å². The molecule has 6 N–H and O–H groups in total. The maximum atomic E-state index is 12.5. The molecule has 11 bridgehead atoms. The van der Waals surface area contributed by atoms with Gasteiger partial charge >= 0.3 is 29.2 Å². The number of aromatic amines is 1. The lowest BCUT2D eigenvalue weighted by atomic mass is 9.21. The zero-order valence-corrected chi connectivity index (χ0v) is 34.8. The van der Waals surface area contributed by atoms with Gasteiger partial charge in [0.05, 0.1) is 58.0 Å². The molecule has 12 rings (SSSR count). The molecule has 1 spiro atoms. The highest BCUT2D eigenvalue weighted by molar-refractivity contribution is 7.66. The Labute approximate surface area is 339 Å². The van der Waals surface area contributed by atoms with E-state index >= 15 is 0 Å². The zero-order chi connectivity index (χ0) is 41.5. The van der Waals surface area contributed by atoms with Crippen LogP contribution in [0.3, 0.4) is 0 Å². The average molecular weight is 893 g/mol. The third-order valence-electron chi connectivity index (χ3n) is 14.7. The highest BCUT2D eigenvalue weighted by atomic mass is 31.3. The summed E-state index contributed by atoms with van der Waals surface area (Å²) in [6.45, 7) is 1.57. The molecule has 7 unspecified atom stereocenters. The van der Waals surface area contributed by atoms with E-state index in [0.29, 0.717) is 38.4 Å². The van der Waals surface area contributed by atoms with Crippen LogP contribution in [0.25, 0.3) is 0 Å². The topological polar surface area (TPSA) is 281 Å². The molecule has 1 aromatic heterocycles. The molecule has 20 nitrogen and oxygen atoms in total. The lowest BCUT2D eigenvalue weighted by Gasteiger charge is -2.84. The van der Waals surface area contributed by atoms with Crippen LogP contribution in [0, 0.1) is 70.5 Å². The van der Waals surface area contributed by atoms with E-state index in [9.17, 15) is 38.2 Å². The first-order chi connectivity index (χ1) is 28.0. The number of rotatable bonds is 19. The third-order valence-corrected chi connectivity index (χ3v) is 18.5. The lowest BCUT2D eigenvalue weighted by molar-refractivity contribution is -0.377. The van der Waals surface area contributed by atoms with Crippen molar-refractivity contribution in [1.29, 1.82) is 0 Å². The van der Waals surface area contributed by atoms with Crippen LogP contribution in [0.2, 0.25) is 0 Å². The Morgan fingerprint density at radius 2 is 1.44 bits per heavy atom. The number of phosphoric ester groups is 1. The average Bonchev–Trinajstić information content (AvgIpc) is 3.50. The van der Waals surface area contributed by atoms with E-state index < -0.39 is 59.8 Å². The van der Waals surface area contributed by atoms with Crippen LogP contribution >= 0.6 is 23.5 Å². The normalized spacial score (nSPS) is 41.3. The van der Waals surface area contributed by atoms with Crippen molar-refractivity contribution in [2.75, 3.05) is 52.9 Å². The van der Waals surface area contributed by atoms with Crippen LogP contribution in [0.15, 0.2) is 15.8 Å². The first-order valence-electron chi connectivity index (χ1n) is 20.3. The number of H-pyrrole nitrogens is 1. The van der Waals surface area contributed by atoms with Crippen LogP contribution in [0.1, 0.15) is 63.2 Å². The summed E-state index contributed by atoms with van der Waals surface area (Å²) in [4.78, 5) is 63.2. The number of aliphatic hydroxyl groups is 1. The molecule has 59 heavy (non-hydrogen) atoms. The minimum Gasteiger partial charge on any atom is -0.390 e. The molecule has 16 atom stereocenters. The number of phosphoric acid groups is 3. The van der Waals surface area contributed by atoms with Crippen molar-refractivity contribution in [2.24, 2.45) is 58.7 Å². The number of aliphatic hydroxyl groups excluding tert-OH is 1. The van der Waals surface area contributed by atoms with Gasteiger partial charge in [0, 0.05) is 12.6 Å². The van der Waals surface area contributed by atoms with Crippen LogP contribution in [0.5, 0.6) is 0 Å². The van der Waals surface area contributed by atoms with Crippen molar-refractivity contribution in [2.45, 2.75) is 75.4 Å². The maximum Gasteiger partial charge on any atom is 0.490 e. The molecule has 11 aliphatic rings. The lowest BCUT2D eigenvalue weighted by Crippen LogP contribution is -2.80. The molecule has 23 heteroatoms. The zero-order valence-electron chi connectivity index (χ0n) is 32.2. The summed E-state index contributed by atoms with van der Waals surface area (Å²) in [5.41, 5.74) is -1.17. The van der Waals surface area contributed by atoms with Crippen LogP contribution in [-0.2, 0) is 50.5 Å². The SMILES string of the molecule is O=c1[nH]c(=O)n([C@H]2C[C@H](O)[C@@H](COP(=O)(O)OP(=O)(O)OP(=O)(O)O)O2)cc1C#CCOCCOCCOCCOC12C[C@@H]3C4CC5[C@H]6CC7C[C@@H]5[C@H]3C(C7)(C1)[C@@H]6[C@H]4C2. The predicted octanol–water partition coefficient (Wildman–Crippen LogP) is 2.04. The largest absolute Gasteiger partial charge is 0.490 e. The number of aromatic nitrogens is 2. The molecule has 10 saturated carbocycles. The van der Waals surface area contributed by atoms with E-state index in [1.807, 2.05) is 0 Å². The molecule has 328 valence electrons. The summed E-state index contributed by atoms with van der Waals surface area (Å²) >= 11 is 0. The summed E-state index contributed by atoms with van der Waals surface area (Å²) in [5.74, 6) is 14.1. The Balaban J connectivity index is 0.658. The number of ether oxygens (including phenoxy) is 5. The highest BCUT2D eigenvalue weighted by Gasteiger charge is 2.80. The number of hydrogen-bond donors (Lipinski definition) is 6. The second kappa shape index (κ2) is 15.9. The molecule has 1 aliphatic heterocycles.